The summed E-state index contributed by atoms with van der Waals surface area (Å²) in [6.07, 6.45) is 3.83. The smallest absolute Gasteiger partial charge is 0.0707 e. The summed E-state index contributed by atoms with van der Waals surface area (Å²) in [4.78, 5) is 0. The maximum absolute atomic E-state index is 5.54. The first kappa shape index (κ1) is 12.9. The summed E-state index contributed by atoms with van der Waals surface area (Å²) < 4.78 is 11.0. The van der Waals surface area contributed by atoms with Crippen LogP contribution in [0.1, 0.15) is 40.0 Å². The predicted molar refractivity (Wildman–Crippen MR) is 62.2 cm³/mol. The molecule has 1 N–H and O–H groups in total. The maximum atomic E-state index is 5.54. The van der Waals surface area contributed by atoms with Crippen molar-refractivity contribution < 1.29 is 9.47 Å². The van der Waals surface area contributed by atoms with E-state index >= 15 is 0 Å². The second-order valence-corrected chi connectivity index (χ2v) is 5.16. The van der Waals surface area contributed by atoms with Gasteiger partial charge in [0.2, 0.25) is 0 Å². The average Bonchev–Trinajstić information content (AvgIpc) is 2.91. The van der Waals surface area contributed by atoms with Crippen LogP contribution in [0.2, 0.25) is 0 Å². The highest BCUT2D eigenvalue weighted by molar-refractivity contribution is 4.80. The minimum atomic E-state index is -0.0448. The van der Waals surface area contributed by atoms with Crippen LogP contribution in [-0.4, -0.2) is 38.0 Å². The molecule has 90 valence electrons. The zero-order valence-corrected chi connectivity index (χ0v) is 10.3. The molecule has 1 aliphatic rings. The van der Waals surface area contributed by atoms with E-state index in [1.807, 2.05) is 0 Å². The van der Waals surface area contributed by atoms with Crippen molar-refractivity contribution in [1.82, 2.24) is 5.32 Å². The minimum absolute atomic E-state index is 0.0448. The molecule has 0 aromatic carbocycles. The Morgan fingerprint density at radius 1 is 1.13 bits per heavy atom. The van der Waals surface area contributed by atoms with Gasteiger partial charge < -0.3 is 14.8 Å². The predicted octanol–water partition coefficient (Wildman–Crippen LogP) is 1.96. The van der Waals surface area contributed by atoms with Gasteiger partial charge in [-0.05, 0) is 46.6 Å². The largest absolute Gasteiger partial charge is 0.379 e. The van der Waals surface area contributed by atoms with Crippen molar-refractivity contribution in [1.29, 1.82) is 0 Å². The van der Waals surface area contributed by atoms with Gasteiger partial charge in [0.25, 0.3) is 0 Å². The van der Waals surface area contributed by atoms with Gasteiger partial charge in [0, 0.05) is 12.6 Å². The molecule has 0 aromatic rings. The fraction of sp³-hybridized carbons (Fsp3) is 1.00. The first-order chi connectivity index (χ1) is 7.08. The molecule has 0 spiro atoms. The highest BCUT2D eigenvalue weighted by Crippen LogP contribution is 2.18. The molecule has 0 atom stereocenters. The third-order valence-corrected chi connectivity index (χ3v) is 2.24. The van der Waals surface area contributed by atoms with Crippen molar-refractivity contribution in [2.75, 3.05) is 26.4 Å². The summed E-state index contributed by atoms with van der Waals surface area (Å²) in [6.45, 7) is 9.52. The van der Waals surface area contributed by atoms with Crippen LogP contribution >= 0.6 is 0 Å². The van der Waals surface area contributed by atoms with E-state index < -0.39 is 0 Å². The van der Waals surface area contributed by atoms with Crippen LogP contribution < -0.4 is 5.32 Å². The van der Waals surface area contributed by atoms with E-state index in [2.05, 4.69) is 26.1 Å². The molecule has 3 nitrogen and oxygen atoms in total. The summed E-state index contributed by atoms with van der Waals surface area (Å²) in [7, 11) is 0. The van der Waals surface area contributed by atoms with Gasteiger partial charge in [-0.2, -0.15) is 0 Å². The van der Waals surface area contributed by atoms with E-state index in [1.165, 1.54) is 12.8 Å². The molecule has 1 saturated carbocycles. The van der Waals surface area contributed by atoms with E-state index in [9.17, 15) is 0 Å². The summed E-state index contributed by atoms with van der Waals surface area (Å²) in [6, 6.07) is 0.814. The van der Waals surface area contributed by atoms with E-state index in [0.29, 0.717) is 13.2 Å². The molecule has 1 fully saturated rings. The lowest BCUT2D eigenvalue weighted by Gasteiger charge is -2.19. The first-order valence-electron chi connectivity index (χ1n) is 6.03. The Labute approximate surface area is 93.5 Å². The SMILES string of the molecule is CC(C)(C)OCCOCCCNC1CC1. The van der Waals surface area contributed by atoms with Crippen LogP contribution in [0.25, 0.3) is 0 Å². The number of hydrogen-bond acceptors (Lipinski definition) is 3. The monoisotopic (exact) mass is 215 g/mol. The number of nitrogens with one attached hydrogen (secondary N) is 1. The molecule has 3 heteroatoms. The summed E-state index contributed by atoms with van der Waals surface area (Å²) in [5.74, 6) is 0. The van der Waals surface area contributed by atoms with Gasteiger partial charge in [0.1, 0.15) is 0 Å². The van der Waals surface area contributed by atoms with Crippen molar-refractivity contribution in [3.8, 4) is 0 Å². The molecule has 0 heterocycles. The van der Waals surface area contributed by atoms with Crippen LogP contribution in [0.4, 0.5) is 0 Å². The fourth-order valence-corrected chi connectivity index (χ4v) is 1.28. The Bertz CT molecular complexity index is 161. The van der Waals surface area contributed by atoms with Gasteiger partial charge >= 0.3 is 0 Å². The van der Waals surface area contributed by atoms with Gasteiger partial charge in [-0.1, -0.05) is 0 Å². The Kier molecular flexibility index (Phi) is 5.58. The molecule has 0 unspecified atom stereocenters. The maximum Gasteiger partial charge on any atom is 0.0707 e. The number of rotatable bonds is 8. The number of ether oxygens (including phenoxy) is 2. The van der Waals surface area contributed by atoms with Gasteiger partial charge in [-0.25, -0.2) is 0 Å². The number of hydrogen-bond donors (Lipinski definition) is 1. The minimum Gasteiger partial charge on any atom is -0.379 e. The molecule has 0 amide bonds. The normalized spacial score (nSPS) is 17.0. The van der Waals surface area contributed by atoms with E-state index in [1.54, 1.807) is 0 Å². The lowest BCUT2D eigenvalue weighted by Crippen LogP contribution is -2.22. The fourth-order valence-electron chi connectivity index (χ4n) is 1.28. The topological polar surface area (TPSA) is 30.5 Å². The van der Waals surface area contributed by atoms with Crippen molar-refractivity contribution in [2.45, 2.75) is 51.7 Å². The zero-order chi connectivity index (χ0) is 11.1. The van der Waals surface area contributed by atoms with Gasteiger partial charge in [0.15, 0.2) is 0 Å². The first-order valence-corrected chi connectivity index (χ1v) is 6.03. The highest BCUT2D eigenvalue weighted by atomic mass is 16.5. The second-order valence-electron chi connectivity index (χ2n) is 5.16. The Balaban J connectivity index is 1.72. The summed E-state index contributed by atoms with van der Waals surface area (Å²) in [5, 5.41) is 3.46. The third kappa shape index (κ3) is 8.85. The van der Waals surface area contributed by atoms with Crippen LogP contribution in [0.3, 0.4) is 0 Å². The quantitative estimate of drug-likeness (QED) is 0.628. The molecule has 0 radical (unpaired) electrons. The lowest BCUT2D eigenvalue weighted by atomic mass is 10.2. The van der Waals surface area contributed by atoms with E-state index in [0.717, 1.165) is 25.6 Å². The highest BCUT2D eigenvalue weighted by Gasteiger charge is 2.19. The molecule has 1 aliphatic carbocycles. The Hall–Kier alpha value is -0.120. The molecular weight excluding hydrogens is 190 g/mol. The van der Waals surface area contributed by atoms with E-state index in [-0.39, 0.29) is 5.60 Å². The van der Waals surface area contributed by atoms with Crippen molar-refractivity contribution >= 4 is 0 Å². The van der Waals surface area contributed by atoms with Crippen LogP contribution in [0, 0.1) is 0 Å². The van der Waals surface area contributed by atoms with Crippen molar-refractivity contribution in [3.63, 3.8) is 0 Å². The molecule has 1 rings (SSSR count). The molecule has 0 aliphatic heterocycles. The zero-order valence-electron chi connectivity index (χ0n) is 10.3. The Morgan fingerprint density at radius 2 is 1.87 bits per heavy atom. The molecule has 0 saturated heterocycles. The standard InChI is InChI=1S/C12H25NO2/c1-12(2,3)15-10-9-14-8-4-7-13-11-5-6-11/h11,13H,4-10H2,1-3H3. The molecular formula is C12H25NO2. The van der Waals surface area contributed by atoms with Crippen molar-refractivity contribution in [3.05, 3.63) is 0 Å². The second kappa shape index (κ2) is 6.46. The van der Waals surface area contributed by atoms with E-state index in [4.69, 9.17) is 9.47 Å². The molecule has 15 heavy (non-hydrogen) atoms. The Morgan fingerprint density at radius 3 is 2.47 bits per heavy atom. The third-order valence-electron chi connectivity index (χ3n) is 2.24. The van der Waals surface area contributed by atoms with Crippen LogP contribution in [0.15, 0.2) is 0 Å². The average molecular weight is 215 g/mol. The molecule has 0 bridgehead atoms. The van der Waals surface area contributed by atoms with Crippen LogP contribution in [-0.2, 0) is 9.47 Å². The van der Waals surface area contributed by atoms with Gasteiger partial charge in [-0.3, -0.25) is 0 Å². The van der Waals surface area contributed by atoms with Crippen molar-refractivity contribution in [2.24, 2.45) is 0 Å². The summed E-state index contributed by atoms with van der Waals surface area (Å²) >= 11 is 0. The molecule has 0 aromatic heterocycles. The summed E-state index contributed by atoms with van der Waals surface area (Å²) in [5.41, 5.74) is -0.0448. The van der Waals surface area contributed by atoms with Gasteiger partial charge in [-0.15, -0.1) is 0 Å². The van der Waals surface area contributed by atoms with Crippen LogP contribution in [0.5, 0.6) is 0 Å². The lowest BCUT2D eigenvalue weighted by molar-refractivity contribution is -0.0349. The van der Waals surface area contributed by atoms with Gasteiger partial charge in [0.05, 0.1) is 18.8 Å².